The first kappa shape index (κ1) is 12.6. The van der Waals surface area contributed by atoms with E-state index in [1.54, 1.807) is 11.3 Å². The first-order valence-corrected chi connectivity index (χ1v) is 6.34. The van der Waals surface area contributed by atoms with Gasteiger partial charge in [0.1, 0.15) is 0 Å². The van der Waals surface area contributed by atoms with Crippen LogP contribution in [0, 0.1) is 0 Å². The van der Waals surface area contributed by atoms with Crippen LogP contribution in [-0.2, 0) is 0 Å². The summed E-state index contributed by atoms with van der Waals surface area (Å²) >= 11 is 1.70. The normalized spacial score (nSPS) is 13.3. The average Bonchev–Trinajstić information content (AvgIpc) is 2.77. The molecule has 1 aromatic rings. The van der Waals surface area contributed by atoms with Crippen molar-refractivity contribution in [2.75, 3.05) is 26.2 Å². The van der Waals surface area contributed by atoms with Gasteiger partial charge in [0.05, 0.1) is 0 Å². The molecule has 3 N–H and O–H groups in total. The minimum atomic E-state index is 0.247. The summed E-state index contributed by atoms with van der Waals surface area (Å²) in [6, 6.07) is 2.43. The van der Waals surface area contributed by atoms with E-state index in [1.165, 1.54) is 5.56 Å². The lowest BCUT2D eigenvalue weighted by atomic mass is 10.1. The molecule has 15 heavy (non-hydrogen) atoms. The molecule has 0 spiro atoms. The van der Waals surface area contributed by atoms with Gasteiger partial charge in [0.15, 0.2) is 0 Å². The van der Waals surface area contributed by atoms with Gasteiger partial charge in [-0.25, -0.2) is 0 Å². The van der Waals surface area contributed by atoms with E-state index in [2.05, 4.69) is 28.7 Å². The molecule has 1 aromatic heterocycles. The van der Waals surface area contributed by atoms with Crippen LogP contribution in [0.3, 0.4) is 0 Å². The highest BCUT2D eigenvalue weighted by atomic mass is 32.1. The van der Waals surface area contributed by atoms with E-state index in [1.807, 2.05) is 0 Å². The molecule has 1 atom stereocenters. The van der Waals surface area contributed by atoms with Crippen LogP contribution in [0.15, 0.2) is 16.8 Å². The van der Waals surface area contributed by atoms with E-state index < -0.39 is 0 Å². The molecule has 3 nitrogen and oxygen atoms in total. The van der Waals surface area contributed by atoms with Gasteiger partial charge in [0, 0.05) is 25.7 Å². The Bertz CT molecular complexity index is 251. The third kappa shape index (κ3) is 3.57. The molecule has 0 saturated carbocycles. The Balaban J connectivity index is 2.62. The second-order valence-corrected chi connectivity index (χ2v) is 4.29. The quantitative estimate of drug-likeness (QED) is 0.742. The minimum Gasteiger partial charge on any atom is -0.396 e. The lowest BCUT2D eigenvalue weighted by Crippen LogP contribution is -2.34. The van der Waals surface area contributed by atoms with Gasteiger partial charge in [0.25, 0.3) is 0 Å². The van der Waals surface area contributed by atoms with Gasteiger partial charge >= 0.3 is 0 Å². The number of aliphatic hydroxyl groups is 1. The van der Waals surface area contributed by atoms with Gasteiger partial charge in [-0.15, -0.1) is 0 Å². The highest BCUT2D eigenvalue weighted by Gasteiger charge is 2.17. The molecule has 1 rings (SSSR count). The monoisotopic (exact) mass is 228 g/mol. The summed E-state index contributed by atoms with van der Waals surface area (Å²) < 4.78 is 0. The minimum absolute atomic E-state index is 0.247. The zero-order valence-electron chi connectivity index (χ0n) is 9.22. The summed E-state index contributed by atoms with van der Waals surface area (Å²) in [5, 5.41) is 13.1. The third-order valence-corrected chi connectivity index (χ3v) is 3.30. The maximum atomic E-state index is 8.84. The van der Waals surface area contributed by atoms with Crippen LogP contribution in [0.25, 0.3) is 0 Å². The Kier molecular flexibility index (Phi) is 5.86. The Labute approximate surface area is 95.5 Å². The number of nitrogens with two attached hydrogens (primary N) is 1. The van der Waals surface area contributed by atoms with E-state index in [0.717, 1.165) is 19.5 Å². The molecule has 0 aromatic carbocycles. The fraction of sp³-hybridized carbons (Fsp3) is 0.636. The van der Waals surface area contributed by atoms with Gasteiger partial charge in [-0.3, -0.25) is 4.90 Å². The number of hydrogen-bond acceptors (Lipinski definition) is 4. The van der Waals surface area contributed by atoms with Crippen LogP contribution >= 0.6 is 11.3 Å². The largest absolute Gasteiger partial charge is 0.396 e. The number of aliphatic hydroxyl groups excluding tert-OH is 1. The highest BCUT2D eigenvalue weighted by Crippen LogP contribution is 2.21. The average molecular weight is 228 g/mol. The Morgan fingerprint density at radius 2 is 2.40 bits per heavy atom. The van der Waals surface area contributed by atoms with Crippen LogP contribution in [-0.4, -0.2) is 36.2 Å². The van der Waals surface area contributed by atoms with E-state index in [9.17, 15) is 0 Å². The molecule has 0 aliphatic carbocycles. The van der Waals surface area contributed by atoms with Crippen molar-refractivity contribution in [1.82, 2.24) is 4.90 Å². The van der Waals surface area contributed by atoms with Crippen molar-refractivity contribution in [2.45, 2.75) is 19.4 Å². The molecule has 0 fully saturated rings. The number of hydrogen-bond donors (Lipinski definition) is 2. The zero-order chi connectivity index (χ0) is 11.1. The van der Waals surface area contributed by atoms with Gasteiger partial charge in [-0.05, 0) is 35.4 Å². The Morgan fingerprint density at radius 3 is 2.87 bits per heavy atom. The van der Waals surface area contributed by atoms with Gasteiger partial charge in [-0.2, -0.15) is 11.3 Å². The van der Waals surface area contributed by atoms with E-state index in [0.29, 0.717) is 12.6 Å². The summed E-state index contributed by atoms with van der Waals surface area (Å²) in [6.45, 7) is 4.89. The fourth-order valence-corrected chi connectivity index (χ4v) is 2.48. The van der Waals surface area contributed by atoms with Crippen molar-refractivity contribution in [3.8, 4) is 0 Å². The maximum absolute atomic E-state index is 8.84. The molecule has 1 heterocycles. The Hall–Kier alpha value is -0.420. The van der Waals surface area contributed by atoms with E-state index >= 15 is 0 Å². The van der Waals surface area contributed by atoms with Crippen molar-refractivity contribution in [1.29, 1.82) is 0 Å². The van der Waals surface area contributed by atoms with Gasteiger partial charge in [-0.1, -0.05) is 6.92 Å². The van der Waals surface area contributed by atoms with Gasteiger partial charge < -0.3 is 10.8 Å². The smallest absolute Gasteiger partial charge is 0.0478 e. The first-order valence-electron chi connectivity index (χ1n) is 5.40. The predicted octanol–water partition coefficient (Wildman–Crippen LogP) is 1.45. The highest BCUT2D eigenvalue weighted by molar-refractivity contribution is 7.07. The Morgan fingerprint density at radius 1 is 1.60 bits per heavy atom. The summed E-state index contributed by atoms with van der Waals surface area (Å²) in [7, 11) is 0. The lowest BCUT2D eigenvalue weighted by Gasteiger charge is -2.29. The summed E-state index contributed by atoms with van der Waals surface area (Å²) in [5.41, 5.74) is 7.11. The fourth-order valence-electron chi connectivity index (χ4n) is 1.77. The van der Waals surface area contributed by atoms with E-state index in [4.69, 9.17) is 10.8 Å². The third-order valence-electron chi connectivity index (χ3n) is 2.60. The molecule has 86 valence electrons. The van der Waals surface area contributed by atoms with Crippen LogP contribution in [0.1, 0.15) is 24.9 Å². The summed E-state index contributed by atoms with van der Waals surface area (Å²) in [5.74, 6) is 0. The number of nitrogens with zero attached hydrogens (tertiary/aromatic N) is 1. The molecule has 1 unspecified atom stereocenters. The molecule has 0 aliphatic rings. The van der Waals surface area contributed by atoms with Crippen molar-refractivity contribution >= 4 is 11.3 Å². The van der Waals surface area contributed by atoms with Crippen LogP contribution in [0.5, 0.6) is 0 Å². The molecular formula is C11H20N2OS. The van der Waals surface area contributed by atoms with Crippen molar-refractivity contribution in [3.63, 3.8) is 0 Å². The van der Waals surface area contributed by atoms with Crippen molar-refractivity contribution in [2.24, 2.45) is 5.73 Å². The van der Waals surface area contributed by atoms with Crippen molar-refractivity contribution < 1.29 is 5.11 Å². The van der Waals surface area contributed by atoms with Crippen LogP contribution in [0.4, 0.5) is 0 Å². The molecule has 0 saturated heterocycles. The molecule has 0 aliphatic heterocycles. The number of thiophene rings is 1. The van der Waals surface area contributed by atoms with Crippen LogP contribution in [0.2, 0.25) is 0 Å². The lowest BCUT2D eigenvalue weighted by molar-refractivity contribution is 0.185. The number of likely N-dealkylation sites (N-methyl/N-ethyl adjacent to an activating group) is 1. The SMILES string of the molecule is CCN(CCCO)C(CN)c1ccsc1. The molecular weight excluding hydrogens is 208 g/mol. The van der Waals surface area contributed by atoms with Crippen molar-refractivity contribution in [3.05, 3.63) is 22.4 Å². The standard InChI is InChI=1S/C11H20N2OS/c1-2-13(5-3-6-14)11(8-12)10-4-7-15-9-10/h4,7,9,11,14H,2-3,5-6,8,12H2,1H3. The molecule has 0 bridgehead atoms. The predicted molar refractivity (Wildman–Crippen MR) is 65.1 cm³/mol. The second-order valence-electron chi connectivity index (χ2n) is 3.51. The maximum Gasteiger partial charge on any atom is 0.0478 e. The second kappa shape index (κ2) is 6.95. The molecule has 4 heteroatoms. The van der Waals surface area contributed by atoms with Crippen LogP contribution < -0.4 is 5.73 Å². The zero-order valence-corrected chi connectivity index (χ0v) is 10.0. The topological polar surface area (TPSA) is 49.5 Å². The van der Waals surface area contributed by atoms with E-state index in [-0.39, 0.29) is 6.61 Å². The molecule has 0 radical (unpaired) electrons. The first-order chi connectivity index (χ1) is 7.33. The summed E-state index contributed by atoms with van der Waals surface area (Å²) in [6.07, 6.45) is 0.814. The summed E-state index contributed by atoms with van der Waals surface area (Å²) in [4.78, 5) is 2.32. The number of rotatable bonds is 7. The van der Waals surface area contributed by atoms with Gasteiger partial charge in [0.2, 0.25) is 0 Å². The molecule has 0 amide bonds.